The van der Waals surface area contributed by atoms with Crippen LogP contribution in [0.5, 0.6) is 0 Å². The maximum atomic E-state index is 12.9. The molecule has 0 radical (unpaired) electrons. The maximum absolute atomic E-state index is 12.9. The SMILES string of the molecule is CC1(C)O[C@@H]2[C@H](O1)[C@@H](COP(=O)(O)OP(=O)(O)OC[C@H]1O[C@@H](c3nc(C(N)=O)cs3)[C@@H]3OC(C)(C)O[C@@H]31)O[C@H]2n1cnc2c(N)nc(N)nc21. The van der Waals surface area contributed by atoms with E-state index in [0.717, 1.165) is 11.3 Å². The van der Waals surface area contributed by atoms with Crippen LogP contribution in [0, 0.1) is 0 Å². The Kier molecular flexibility index (Phi) is 8.88. The summed E-state index contributed by atoms with van der Waals surface area (Å²) in [6.07, 6.45) is -5.60. The number of aromatic nitrogens is 5. The summed E-state index contributed by atoms with van der Waals surface area (Å²) in [5, 5.41) is 1.82. The van der Waals surface area contributed by atoms with Crippen molar-refractivity contribution in [1.82, 2.24) is 24.5 Å². The van der Waals surface area contributed by atoms with Gasteiger partial charge in [0, 0.05) is 5.38 Å². The number of phosphoric ester groups is 2. The molecule has 4 fully saturated rings. The molecule has 0 spiro atoms. The number of nitrogens with two attached hydrogens (primary N) is 3. The van der Waals surface area contributed by atoms with Crippen molar-refractivity contribution in [2.75, 3.05) is 24.7 Å². The van der Waals surface area contributed by atoms with Crippen LogP contribution >= 0.6 is 27.0 Å². The van der Waals surface area contributed by atoms with Crippen LogP contribution in [0.4, 0.5) is 11.8 Å². The second-order valence-corrected chi connectivity index (χ2v) is 16.6. The van der Waals surface area contributed by atoms with Gasteiger partial charge in [-0.2, -0.15) is 14.3 Å². The molecule has 7 rings (SSSR count). The standard InChI is InChI=1S/C25H34N8O14P2S/c1-24(2)43-13-10(41-16(15(13)45-24)21-30-9(7-50-21)19(27)34)5-39-48(35,36)47-49(37,38)40-6-11-14-17(46-25(3,4)44-14)22(42-11)33-8-29-12-18(26)31-23(28)32-20(12)33/h7-8,10-11,13-17,22H,5-6H2,1-4H3,(H2,27,34)(H,35,36)(H,37,38)(H4,26,28,31,32)/t10-,11-,13-,14-,15-,16-,17-,22-/m1/s1. The van der Waals surface area contributed by atoms with Gasteiger partial charge in [0.15, 0.2) is 29.3 Å². The molecule has 4 aliphatic rings. The highest BCUT2D eigenvalue weighted by Crippen LogP contribution is 2.61. The number of nitrogen functional groups attached to an aromatic ring is 2. The Labute approximate surface area is 286 Å². The van der Waals surface area contributed by atoms with Crippen molar-refractivity contribution in [3.05, 3.63) is 22.4 Å². The van der Waals surface area contributed by atoms with Crippen LogP contribution in [-0.2, 0) is 50.9 Å². The fraction of sp³-hybridized carbons (Fsp3) is 0.640. The number of carbonyl (C=O) groups is 1. The summed E-state index contributed by atoms with van der Waals surface area (Å²) in [6.45, 7) is 5.39. The van der Waals surface area contributed by atoms with E-state index in [1.807, 2.05) is 0 Å². The van der Waals surface area contributed by atoms with Crippen LogP contribution in [-0.4, -0.2) is 102 Å². The van der Waals surface area contributed by atoms with Crippen molar-refractivity contribution in [3.8, 4) is 0 Å². The van der Waals surface area contributed by atoms with E-state index in [-0.39, 0.29) is 28.6 Å². The molecule has 0 aromatic carbocycles. The molecule has 0 bridgehead atoms. The number of carbonyl (C=O) groups excluding carboxylic acids is 1. The molecule has 1 amide bonds. The summed E-state index contributed by atoms with van der Waals surface area (Å²) >= 11 is 1.10. The molecule has 10 atom stereocenters. The maximum Gasteiger partial charge on any atom is 0.481 e. The third-order valence-electron chi connectivity index (χ3n) is 8.04. The number of imidazole rings is 1. The molecular formula is C25H34N8O14P2S. The highest BCUT2D eigenvalue weighted by Gasteiger charge is 2.58. The van der Waals surface area contributed by atoms with E-state index in [2.05, 4.69) is 24.2 Å². The third kappa shape index (κ3) is 6.92. The van der Waals surface area contributed by atoms with Gasteiger partial charge in [-0.1, -0.05) is 0 Å². The quantitative estimate of drug-likeness (QED) is 0.169. The Balaban J connectivity index is 0.999. The second-order valence-electron chi connectivity index (χ2n) is 12.6. The molecule has 2 unspecified atom stereocenters. The van der Waals surface area contributed by atoms with Crippen LogP contribution in [0.1, 0.15) is 55.5 Å². The summed E-state index contributed by atoms with van der Waals surface area (Å²) in [4.78, 5) is 48.9. The molecule has 3 aromatic rings. The lowest BCUT2D eigenvalue weighted by atomic mass is 10.1. The number of hydrogen-bond acceptors (Lipinski definition) is 19. The molecule has 4 aliphatic heterocycles. The number of primary amides is 1. The van der Waals surface area contributed by atoms with Gasteiger partial charge in [-0.05, 0) is 27.7 Å². The van der Waals surface area contributed by atoms with Gasteiger partial charge in [-0.3, -0.25) is 18.4 Å². The van der Waals surface area contributed by atoms with Crippen LogP contribution in [0.2, 0.25) is 0 Å². The summed E-state index contributed by atoms with van der Waals surface area (Å²) in [7, 11) is -10.5. The average Bonchev–Trinajstić information content (AvgIpc) is 3.82. The van der Waals surface area contributed by atoms with E-state index in [9.17, 15) is 23.7 Å². The minimum absolute atomic E-state index is 0.0277. The molecule has 3 aromatic heterocycles. The van der Waals surface area contributed by atoms with Gasteiger partial charge in [-0.15, -0.1) is 11.3 Å². The second kappa shape index (κ2) is 12.5. The minimum atomic E-state index is -5.27. The molecule has 7 heterocycles. The van der Waals surface area contributed by atoms with Crippen molar-refractivity contribution in [3.63, 3.8) is 0 Å². The number of phosphoric acid groups is 2. The third-order valence-corrected chi connectivity index (χ3v) is 11.6. The number of anilines is 2. The number of thiazole rings is 1. The Morgan fingerprint density at radius 2 is 1.50 bits per heavy atom. The zero-order valence-electron chi connectivity index (χ0n) is 26.8. The number of ether oxygens (including phenoxy) is 6. The smallest absolute Gasteiger partial charge is 0.382 e. The summed E-state index contributed by atoms with van der Waals surface area (Å²) < 4.78 is 78.0. The van der Waals surface area contributed by atoms with Crippen molar-refractivity contribution in [2.45, 2.75) is 88.2 Å². The van der Waals surface area contributed by atoms with Crippen LogP contribution in [0.25, 0.3) is 11.2 Å². The van der Waals surface area contributed by atoms with E-state index in [1.165, 1.54) is 16.3 Å². The number of amides is 1. The molecule has 0 saturated carbocycles. The van der Waals surface area contributed by atoms with Gasteiger partial charge < -0.3 is 55.4 Å². The van der Waals surface area contributed by atoms with E-state index in [4.69, 9.17) is 54.7 Å². The average molecular weight is 765 g/mol. The summed E-state index contributed by atoms with van der Waals surface area (Å²) in [5.41, 5.74) is 17.6. The highest BCUT2D eigenvalue weighted by molar-refractivity contribution is 7.61. The molecule has 4 saturated heterocycles. The Bertz CT molecular complexity index is 1910. The molecular weight excluding hydrogens is 730 g/mol. The van der Waals surface area contributed by atoms with Crippen molar-refractivity contribution < 1.29 is 65.5 Å². The van der Waals surface area contributed by atoms with Crippen LogP contribution < -0.4 is 17.2 Å². The van der Waals surface area contributed by atoms with Gasteiger partial charge in [0.2, 0.25) is 5.95 Å². The number of nitrogens with zero attached hydrogens (tertiary/aromatic N) is 5. The minimum Gasteiger partial charge on any atom is -0.382 e. The first-order valence-corrected chi connectivity index (χ1v) is 18.9. The van der Waals surface area contributed by atoms with E-state index in [1.54, 1.807) is 27.7 Å². The van der Waals surface area contributed by atoms with Crippen molar-refractivity contribution >= 4 is 55.8 Å². The number of rotatable bonds is 11. The Morgan fingerprint density at radius 3 is 2.12 bits per heavy atom. The van der Waals surface area contributed by atoms with Crippen molar-refractivity contribution in [1.29, 1.82) is 0 Å². The zero-order valence-corrected chi connectivity index (χ0v) is 29.4. The lowest BCUT2D eigenvalue weighted by Gasteiger charge is -2.25. The van der Waals surface area contributed by atoms with Gasteiger partial charge in [0.25, 0.3) is 5.91 Å². The van der Waals surface area contributed by atoms with E-state index in [0.29, 0.717) is 5.01 Å². The molecule has 22 nitrogen and oxygen atoms in total. The number of fused-ring (bicyclic) bond motifs is 3. The largest absolute Gasteiger partial charge is 0.481 e. The molecule has 8 N–H and O–H groups in total. The molecule has 0 aliphatic carbocycles. The number of hydrogen-bond donors (Lipinski definition) is 5. The first kappa shape index (κ1) is 35.7. The first-order chi connectivity index (χ1) is 23.3. The lowest BCUT2D eigenvalue weighted by Crippen LogP contribution is -2.33. The predicted molar refractivity (Wildman–Crippen MR) is 167 cm³/mol. The van der Waals surface area contributed by atoms with Crippen LogP contribution in [0.3, 0.4) is 0 Å². The van der Waals surface area contributed by atoms with Gasteiger partial charge in [0.1, 0.15) is 58.9 Å². The topological polar surface area (TPSA) is 309 Å². The monoisotopic (exact) mass is 764 g/mol. The van der Waals surface area contributed by atoms with Crippen LogP contribution in [0.15, 0.2) is 11.7 Å². The van der Waals surface area contributed by atoms with Crippen molar-refractivity contribution in [2.24, 2.45) is 5.73 Å². The fourth-order valence-electron chi connectivity index (χ4n) is 6.22. The summed E-state index contributed by atoms with van der Waals surface area (Å²) in [6, 6.07) is 0. The highest BCUT2D eigenvalue weighted by atomic mass is 32.1. The molecule has 50 heavy (non-hydrogen) atoms. The predicted octanol–water partition coefficient (Wildman–Crippen LogP) is 0.874. The van der Waals surface area contributed by atoms with Gasteiger partial charge >= 0.3 is 15.6 Å². The van der Waals surface area contributed by atoms with Gasteiger partial charge in [0.05, 0.1) is 19.5 Å². The summed E-state index contributed by atoms with van der Waals surface area (Å²) in [5.74, 6) is -2.93. The molecule has 25 heteroatoms. The van der Waals surface area contributed by atoms with Gasteiger partial charge in [-0.25, -0.2) is 19.1 Å². The molecule has 274 valence electrons. The fourth-order valence-corrected chi connectivity index (χ4v) is 9.19. The Hall–Kier alpha value is -2.73. The normalized spacial score (nSPS) is 33.6. The first-order valence-electron chi connectivity index (χ1n) is 15.0. The lowest BCUT2D eigenvalue weighted by molar-refractivity contribution is -0.199. The Morgan fingerprint density at radius 1 is 0.920 bits per heavy atom. The van der Waals surface area contributed by atoms with E-state index < -0.39 is 95.3 Å². The zero-order chi connectivity index (χ0) is 36.0. The van der Waals surface area contributed by atoms with E-state index >= 15 is 0 Å².